The lowest BCUT2D eigenvalue weighted by Crippen LogP contribution is -2.16. The van der Waals surface area contributed by atoms with Crippen LogP contribution in [0, 0.1) is 0 Å². The van der Waals surface area contributed by atoms with Crippen molar-refractivity contribution in [3.05, 3.63) is 0 Å². The largest absolute Gasteiger partial charge is 0.396 e. The van der Waals surface area contributed by atoms with Crippen molar-refractivity contribution in [3.8, 4) is 0 Å². The molecule has 0 aliphatic heterocycles. The molecule has 0 radical (unpaired) electrons. The van der Waals surface area contributed by atoms with Gasteiger partial charge in [-0.25, -0.2) is 0 Å². The lowest BCUT2D eigenvalue weighted by atomic mass is 10.4. The Hall–Kier alpha value is -0.120. The third-order valence-electron chi connectivity index (χ3n) is 1.25. The first-order chi connectivity index (χ1) is 5.31. The highest BCUT2D eigenvalue weighted by Gasteiger charge is 1.99. The number of hydrogen-bond acceptors (Lipinski definition) is 3. The van der Waals surface area contributed by atoms with E-state index in [2.05, 4.69) is 0 Å². The van der Waals surface area contributed by atoms with Crippen LogP contribution in [0.5, 0.6) is 0 Å². The van der Waals surface area contributed by atoms with Crippen molar-refractivity contribution in [1.82, 2.24) is 0 Å². The Labute approximate surface area is 68.3 Å². The summed E-state index contributed by atoms with van der Waals surface area (Å²) in [5, 5.41) is 8.42. The van der Waals surface area contributed by atoms with E-state index in [1.165, 1.54) is 0 Å². The molecule has 3 heteroatoms. The van der Waals surface area contributed by atoms with E-state index in [0.29, 0.717) is 19.6 Å². The van der Waals surface area contributed by atoms with Crippen LogP contribution in [0.1, 0.15) is 20.3 Å². The van der Waals surface area contributed by atoms with Crippen molar-refractivity contribution in [3.63, 3.8) is 0 Å². The van der Waals surface area contributed by atoms with Gasteiger partial charge >= 0.3 is 0 Å². The molecule has 1 atom stereocenters. The Kier molecular flexibility index (Phi) is 7.89. The second-order valence-electron chi connectivity index (χ2n) is 2.42. The summed E-state index contributed by atoms with van der Waals surface area (Å²) < 4.78 is 10.4. The van der Waals surface area contributed by atoms with E-state index in [9.17, 15) is 0 Å². The zero-order chi connectivity index (χ0) is 8.53. The molecule has 0 bridgehead atoms. The monoisotopic (exact) mass is 162 g/mol. The predicted octanol–water partition coefficient (Wildman–Crippen LogP) is 0.810. The summed E-state index contributed by atoms with van der Waals surface area (Å²) in [5.74, 6) is 0. The Morgan fingerprint density at radius 2 is 2.18 bits per heavy atom. The molecule has 0 fully saturated rings. The number of aliphatic hydroxyl groups excluding tert-OH is 1. The van der Waals surface area contributed by atoms with E-state index in [1.54, 1.807) is 0 Å². The van der Waals surface area contributed by atoms with Crippen LogP contribution in [-0.2, 0) is 9.47 Å². The van der Waals surface area contributed by atoms with Crippen LogP contribution < -0.4 is 0 Å². The maximum atomic E-state index is 8.42. The van der Waals surface area contributed by atoms with Gasteiger partial charge < -0.3 is 14.6 Å². The minimum absolute atomic E-state index is 0.165. The lowest BCUT2D eigenvalue weighted by molar-refractivity contribution is -0.00433. The molecule has 11 heavy (non-hydrogen) atoms. The van der Waals surface area contributed by atoms with Gasteiger partial charge in [-0.15, -0.1) is 0 Å². The first-order valence-electron chi connectivity index (χ1n) is 4.11. The summed E-state index contributed by atoms with van der Waals surface area (Å²) >= 11 is 0. The van der Waals surface area contributed by atoms with Gasteiger partial charge in [0, 0.05) is 19.8 Å². The van der Waals surface area contributed by atoms with Crippen molar-refractivity contribution in [1.29, 1.82) is 0 Å². The number of aliphatic hydroxyl groups is 1. The highest BCUT2D eigenvalue weighted by molar-refractivity contribution is 4.45. The van der Waals surface area contributed by atoms with E-state index in [-0.39, 0.29) is 12.7 Å². The molecular formula is C8H18O3. The molecule has 1 N–H and O–H groups in total. The summed E-state index contributed by atoms with van der Waals surface area (Å²) in [4.78, 5) is 0. The normalized spacial score (nSPS) is 13.4. The van der Waals surface area contributed by atoms with E-state index in [4.69, 9.17) is 14.6 Å². The van der Waals surface area contributed by atoms with Gasteiger partial charge in [0.05, 0.1) is 12.7 Å². The highest BCUT2D eigenvalue weighted by atomic mass is 16.5. The minimum atomic E-state index is 0.165. The molecule has 0 aromatic heterocycles. The van der Waals surface area contributed by atoms with Gasteiger partial charge in [0.2, 0.25) is 0 Å². The second kappa shape index (κ2) is 7.98. The van der Waals surface area contributed by atoms with Gasteiger partial charge in [0.1, 0.15) is 0 Å². The predicted molar refractivity (Wildman–Crippen MR) is 43.6 cm³/mol. The SMILES string of the molecule is CCOC(C)COCCCO. The van der Waals surface area contributed by atoms with Gasteiger partial charge in [-0.1, -0.05) is 0 Å². The summed E-state index contributed by atoms with van der Waals surface area (Å²) in [5.41, 5.74) is 0. The molecule has 0 aliphatic carbocycles. The third-order valence-corrected chi connectivity index (χ3v) is 1.25. The topological polar surface area (TPSA) is 38.7 Å². The van der Waals surface area contributed by atoms with Gasteiger partial charge in [-0.2, -0.15) is 0 Å². The van der Waals surface area contributed by atoms with Crippen molar-refractivity contribution in [2.24, 2.45) is 0 Å². The van der Waals surface area contributed by atoms with Crippen LogP contribution in [-0.4, -0.2) is 37.6 Å². The summed E-state index contributed by atoms with van der Waals surface area (Å²) in [6.07, 6.45) is 0.873. The Balaban J connectivity index is 2.97. The zero-order valence-electron chi connectivity index (χ0n) is 7.38. The summed E-state index contributed by atoms with van der Waals surface area (Å²) in [6.45, 7) is 6.10. The lowest BCUT2D eigenvalue weighted by Gasteiger charge is -2.11. The molecule has 0 aromatic carbocycles. The molecular weight excluding hydrogens is 144 g/mol. The Morgan fingerprint density at radius 3 is 2.73 bits per heavy atom. The molecule has 0 aromatic rings. The fraction of sp³-hybridized carbons (Fsp3) is 1.00. The molecule has 0 amide bonds. The van der Waals surface area contributed by atoms with E-state index >= 15 is 0 Å². The number of ether oxygens (including phenoxy) is 2. The molecule has 0 spiro atoms. The first-order valence-corrected chi connectivity index (χ1v) is 4.11. The van der Waals surface area contributed by atoms with Gasteiger partial charge in [0.25, 0.3) is 0 Å². The second-order valence-corrected chi connectivity index (χ2v) is 2.42. The van der Waals surface area contributed by atoms with Crippen LogP contribution in [0.4, 0.5) is 0 Å². The summed E-state index contributed by atoms with van der Waals surface area (Å²) in [7, 11) is 0. The fourth-order valence-corrected chi connectivity index (χ4v) is 0.749. The maximum absolute atomic E-state index is 8.42. The maximum Gasteiger partial charge on any atom is 0.0780 e. The van der Waals surface area contributed by atoms with Gasteiger partial charge in [0.15, 0.2) is 0 Å². The Morgan fingerprint density at radius 1 is 1.45 bits per heavy atom. The quantitative estimate of drug-likeness (QED) is 0.563. The molecule has 3 nitrogen and oxygen atoms in total. The summed E-state index contributed by atoms with van der Waals surface area (Å²) in [6, 6.07) is 0. The molecule has 0 rings (SSSR count). The smallest absolute Gasteiger partial charge is 0.0780 e. The molecule has 68 valence electrons. The third kappa shape index (κ3) is 7.78. The van der Waals surface area contributed by atoms with Crippen molar-refractivity contribution >= 4 is 0 Å². The number of rotatable bonds is 7. The Bertz CT molecular complexity index is 75.7. The molecule has 1 unspecified atom stereocenters. The molecule has 0 aliphatic rings. The molecule has 0 heterocycles. The van der Waals surface area contributed by atoms with Gasteiger partial charge in [-0.3, -0.25) is 0 Å². The van der Waals surface area contributed by atoms with Crippen molar-refractivity contribution in [2.45, 2.75) is 26.4 Å². The molecule has 0 saturated heterocycles. The average molecular weight is 162 g/mol. The van der Waals surface area contributed by atoms with E-state index in [0.717, 1.165) is 6.61 Å². The standard InChI is InChI=1S/C8H18O3/c1-3-11-8(2)7-10-6-4-5-9/h8-9H,3-7H2,1-2H3. The highest BCUT2D eigenvalue weighted by Crippen LogP contribution is 1.91. The fourth-order valence-electron chi connectivity index (χ4n) is 0.749. The van der Waals surface area contributed by atoms with Crippen LogP contribution in [0.25, 0.3) is 0 Å². The zero-order valence-corrected chi connectivity index (χ0v) is 7.38. The average Bonchev–Trinajstić information content (AvgIpc) is 1.99. The van der Waals surface area contributed by atoms with Crippen LogP contribution in [0.15, 0.2) is 0 Å². The van der Waals surface area contributed by atoms with Crippen molar-refractivity contribution < 1.29 is 14.6 Å². The van der Waals surface area contributed by atoms with E-state index < -0.39 is 0 Å². The number of hydrogen-bond donors (Lipinski definition) is 1. The molecule has 0 saturated carbocycles. The van der Waals surface area contributed by atoms with Crippen LogP contribution in [0.2, 0.25) is 0 Å². The van der Waals surface area contributed by atoms with Crippen LogP contribution in [0.3, 0.4) is 0 Å². The van der Waals surface area contributed by atoms with Crippen LogP contribution >= 0.6 is 0 Å². The van der Waals surface area contributed by atoms with E-state index in [1.807, 2.05) is 13.8 Å². The van der Waals surface area contributed by atoms with Gasteiger partial charge in [-0.05, 0) is 20.3 Å². The first kappa shape index (κ1) is 10.9. The minimum Gasteiger partial charge on any atom is -0.396 e. The van der Waals surface area contributed by atoms with Crippen molar-refractivity contribution in [2.75, 3.05) is 26.4 Å².